The van der Waals surface area contributed by atoms with E-state index in [0.29, 0.717) is 0 Å². The molecule has 1 atom stereocenters. The molecule has 0 spiro atoms. The van der Waals surface area contributed by atoms with E-state index in [9.17, 15) is 9.36 Å². The first-order valence-corrected chi connectivity index (χ1v) is 9.97. The molecule has 0 aliphatic heterocycles. The van der Waals surface area contributed by atoms with Crippen molar-refractivity contribution in [1.82, 2.24) is 5.06 Å². The van der Waals surface area contributed by atoms with Gasteiger partial charge in [0.25, 0.3) is 0 Å². The Hall–Kier alpha value is -0.620. The first kappa shape index (κ1) is 23.4. The minimum atomic E-state index is -3.59. The first-order valence-electron chi connectivity index (χ1n) is 8.36. The zero-order valence-corrected chi connectivity index (χ0v) is 17.4. The summed E-state index contributed by atoms with van der Waals surface area (Å²) in [5, 5.41) is 1.39. The SMILES string of the molecule is CCOC(=O)ON(C(C(C)(C)C)P(=O)(OCC)OCC)C(C)(C)C. The third-order valence-corrected chi connectivity index (χ3v) is 5.83. The summed E-state index contributed by atoms with van der Waals surface area (Å²) in [6.45, 7) is 17.1. The van der Waals surface area contributed by atoms with Crippen molar-refractivity contribution in [3.63, 3.8) is 0 Å². The Morgan fingerprint density at radius 1 is 0.958 bits per heavy atom. The summed E-state index contributed by atoms with van der Waals surface area (Å²) in [6, 6.07) is 0. The summed E-state index contributed by atoms with van der Waals surface area (Å²) in [4.78, 5) is 17.3. The normalized spacial score (nSPS) is 14.6. The minimum absolute atomic E-state index is 0.186. The van der Waals surface area contributed by atoms with E-state index in [2.05, 4.69) is 0 Å². The summed E-state index contributed by atoms with van der Waals surface area (Å²) >= 11 is 0. The molecular formula is C16H34NO6P. The fourth-order valence-corrected chi connectivity index (χ4v) is 4.95. The average molecular weight is 367 g/mol. The molecule has 0 aliphatic rings. The molecule has 0 bridgehead atoms. The molecule has 0 aromatic heterocycles. The van der Waals surface area contributed by atoms with Gasteiger partial charge < -0.3 is 18.6 Å². The summed E-state index contributed by atoms with van der Waals surface area (Å²) in [6.07, 6.45) is -0.846. The highest BCUT2D eigenvalue weighted by Crippen LogP contribution is 2.60. The molecule has 0 amide bonds. The van der Waals surface area contributed by atoms with Crippen LogP contribution in [0.2, 0.25) is 0 Å². The third kappa shape index (κ3) is 6.71. The lowest BCUT2D eigenvalue weighted by Gasteiger charge is -2.46. The first-order chi connectivity index (χ1) is 10.8. The zero-order valence-electron chi connectivity index (χ0n) is 16.5. The molecule has 0 fully saturated rings. The maximum absolute atomic E-state index is 13.5. The van der Waals surface area contributed by atoms with Gasteiger partial charge in [-0.05, 0) is 47.0 Å². The Kier molecular flexibility index (Phi) is 8.94. The molecule has 0 saturated carbocycles. The molecule has 0 N–H and O–H groups in total. The fourth-order valence-electron chi connectivity index (χ4n) is 2.27. The van der Waals surface area contributed by atoms with Gasteiger partial charge in [0, 0.05) is 5.54 Å². The number of nitrogens with zero attached hydrogens (tertiary/aromatic N) is 1. The second-order valence-corrected chi connectivity index (χ2v) is 9.47. The lowest BCUT2D eigenvalue weighted by atomic mass is 9.94. The summed E-state index contributed by atoms with van der Waals surface area (Å²) < 4.78 is 29.4. The van der Waals surface area contributed by atoms with Crippen molar-refractivity contribution < 1.29 is 28.0 Å². The highest BCUT2D eigenvalue weighted by atomic mass is 31.2. The molecule has 1 unspecified atom stereocenters. The number of hydrogen-bond donors (Lipinski definition) is 0. The van der Waals surface area contributed by atoms with Gasteiger partial charge in [-0.2, -0.15) is 0 Å². The van der Waals surface area contributed by atoms with Gasteiger partial charge in [0.15, 0.2) is 5.78 Å². The van der Waals surface area contributed by atoms with Gasteiger partial charge in [-0.1, -0.05) is 20.8 Å². The van der Waals surface area contributed by atoms with Gasteiger partial charge in [-0.15, -0.1) is 5.06 Å². The quantitative estimate of drug-likeness (QED) is 0.346. The second-order valence-electron chi connectivity index (χ2n) is 7.39. The van der Waals surface area contributed by atoms with E-state index in [1.807, 2.05) is 41.5 Å². The van der Waals surface area contributed by atoms with Gasteiger partial charge in [-0.3, -0.25) is 4.57 Å². The Bertz CT molecular complexity index is 431. The van der Waals surface area contributed by atoms with E-state index < -0.39 is 30.5 Å². The van der Waals surface area contributed by atoms with Crippen LogP contribution in [0.15, 0.2) is 0 Å². The van der Waals surface area contributed by atoms with Crippen molar-refractivity contribution in [2.24, 2.45) is 5.41 Å². The number of hydroxylamine groups is 2. The number of carbonyl (C=O) groups is 1. The number of hydrogen-bond acceptors (Lipinski definition) is 7. The van der Waals surface area contributed by atoms with Crippen molar-refractivity contribution >= 4 is 13.8 Å². The van der Waals surface area contributed by atoms with Crippen LogP contribution in [0.5, 0.6) is 0 Å². The Morgan fingerprint density at radius 2 is 1.42 bits per heavy atom. The van der Waals surface area contributed by atoms with Crippen LogP contribution in [-0.2, 0) is 23.2 Å². The summed E-state index contributed by atoms with van der Waals surface area (Å²) in [7, 11) is -3.59. The van der Waals surface area contributed by atoms with Crippen molar-refractivity contribution in [2.45, 2.75) is 73.6 Å². The van der Waals surface area contributed by atoms with Gasteiger partial charge in [-0.25, -0.2) is 4.79 Å². The van der Waals surface area contributed by atoms with Gasteiger partial charge in [0.05, 0.1) is 19.8 Å². The Morgan fingerprint density at radius 3 is 1.71 bits per heavy atom. The highest BCUT2D eigenvalue weighted by Gasteiger charge is 2.52. The van der Waals surface area contributed by atoms with Crippen LogP contribution in [0.25, 0.3) is 0 Å². The maximum Gasteiger partial charge on any atom is 0.527 e. The standard InChI is InChI=1S/C16H34NO6P/c1-10-20-14(18)23-17(16(7,8)9)13(15(4,5)6)24(19,21-11-2)22-12-3/h13H,10-12H2,1-9H3. The molecule has 7 nitrogen and oxygen atoms in total. The smallest absolute Gasteiger partial charge is 0.433 e. The predicted molar refractivity (Wildman–Crippen MR) is 93.8 cm³/mol. The van der Waals surface area contributed by atoms with Gasteiger partial charge >= 0.3 is 13.8 Å². The van der Waals surface area contributed by atoms with Crippen molar-refractivity contribution in [3.05, 3.63) is 0 Å². The van der Waals surface area contributed by atoms with Crippen LogP contribution in [0.1, 0.15) is 62.3 Å². The van der Waals surface area contributed by atoms with Crippen molar-refractivity contribution in [2.75, 3.05) is 19.8 Å². The number of ether oxygens (including phenoxy) is 1. The lowest BCUT2D eigenvalue weighted by Crippen LogP contribution is -2.54. The van der Waals surface area contributed by atoms with E-state index in [-0.39, 0.29) is 19.8 Å². The van der Waals surface area contributed by atoms with Gasteiger partial charge in [0.1, 0.15) is 0 Å². The van der Waals surface area contributed by atoms with Crippen LogP contribution in [0.3, 0.4) is 0 Å². The molecule has 0 heterocycles. The molecule has 24 heavy (non-hydrogen) atoms. The van der Waals surface area contributed by atoms with E-state index in [4.69, 9.17) is 18.6 Å². The maximum atomic E-state index is 13.5. The monoisotopic (exact) mass is 367 g/mol. The van der Waals surface area contributed by atoms with E-state index >= 15 is 0 Å². The van der Waals surface area contributed by atoms with Crippen LogP contribution < -0.4 is 0 Å². The Labute approximate surface area is 146 Å². The van der Waals surface area contributed by atoms with E-state index in [1.165, 1.54) is 5.06 Å². The summed E-state index contributed by atoms with van der Waals surface area (Å²) in [5.74, 6) is -0.797. The van der Waals surface area contributed by atoms with Crippen LogP contribution in [0.4, 0.5) is 4.79 Å². The van der Waals surface area contributed by atoms with Crippen molar-refractivity contribution in [1.29, 1.82) is 0 Å². The lowest BCUT2D eigenvalue weighted by molar-refractivity contribution is -0.206. The molecule has 0 radical (unpaired) electrons. The molecular weight excluding hydrogens is 333 g/mol. The number of carbonyl (C=O) groups excluding carboxylic acids is 1. The zero-order chi connectivity index (χ0) is 19.2. The fraction of sp³-hybridized carbons (Fsp3) is 0.938. The molecule has 0 saturated heterocycles. The molecule has 0 aliphatic carbocycles. The third-order valence-electron chi connectivity index (χ3n) is 3.01. The molecule has 8 heteroatoms. The van der Waals surface area contributed by atoms with Crippen LogP contribution in [-0.4, -0.2) is 42.4 Å². The van der Waals surface area contributed by atoms with Crippen molar-refractivity contribution in [3.8, 4) is 0 Å². The van der Waals surface area contributed by atoms with Crippen LogP contribution in [0, 0.1) is 5.41 Å². The topological polar surface area (TPSA) is 74.3 Å². The predicted octanol–water partition coefficient (Wildman–Crippen LogP) is 4.81. The summed E-state index contributed by atoms with van der Waals surface area (Å²) in [5.41, 5.74) is -1.20. The van der Waals surface area contributed by atoms with E-state index in [1.54, 1.807) is 20.8 Å². The second kappa shape index (κ2) is 9.18. The van der Waals surface area contributed by atoms with Crippen LogP contribution >= 0.6 is 7.60 Å². The molecule has 0 aromatic carbocycles. The van der Waals surface area contributed by atoms with Gasteiger partial charge in [0.2, 0.25) is 0 Å². The van der Waals surface area contributed by atoms with E-state index in [0.717, 1.165) is 0 Å². The molecule has 144 valence electrons. The minimum Gasteiger partial charge on any atom is -0.433 e. The largest absolute Gasteiger partial charge is 0.527 e. The average Bonchev–Trinajstić information content (AvgIpc) is 2.35. The molecule has 0 aromatic rings. The Balaban J connectivity index is 6.03. The highest BCUT2D eigenvalue weighted by molar-refractivity contribution is 7.54. The number of rotatable bonds is 8. The molecule has 0 rings (SSSR count).